The third kappa shape index (κ3) is 5.83. The van der Waals surface area contributed by atoms with Crippen LogP contribution in [0.5, 0.6) is 0 Å². The van der Waals surface area contributed by atoms with Crippen LogP contribution >= 0.6 is 35.0 Å². The van der Waals surface area contributed by atoms with Gasteiger partial charge in [-0.25, -0.2) is 0 Å². The van der Waals surface area contributed by atoms with Crippen molar-refractivity contribution in [1.29, 1.82) is 0 Å². The van der Waals surface area contributed by atoms with E-state index < -0.39 is 6.04 Å². The van der Waals surface area contributed by atoms with Crippen LogP contribution in [0.3, 0.4) is 0 Å². The van der Waals surface area contributed by atoms with E-state index in [2.05, 4.69) is 20.8 Å². The molecule has 1 atom stereocenters. The van der Waals surface area contributed by atoms with Crippen molar-refractivity contribution >= 4 is 63.2 Å². The number of carbonyl (C=O) groups excluding carboxylic acids is 2. The molecule has 7 nitrogen and oxygen atoms in total. The predicted octanol–water partition coefficient (Wildman–Crippen LogP) is 6.13. The molecule has 3 aromatic carbocycles. The van der Waals surface area contributed by atoms with Crippen LogP contribution in [0.2, 0.25) is 10.0 Å². The molecule has 1 heterocycles. The topological polar surface area (TPSA) is 88.9 Å². The van der Waals surface area contributed by atoms with E-state index in [1.165, 1.54) is 17.8 Å². The number of hydrogen-bond acceptors (Lipinski definition) is 5. The fourth-order valence-corrected chi connectivity index (χ4v) is 4.78. The summed E-state index contributed by atoms with van der Waals surface area (Å²) in [5.41, 5.74) is 1.17. The van der Waals surface area contributed by atoms with Crippen molar-refractivity contribution in [2.24, 2.45) is 13.0 Å². The number of nitrogens with one attached hydrogen (secondary N) is 2. The molecule has 0 unspecified atom stereocenters. The van der Waals surface area contributed by atoms with Crippen LogP contribution in [0, 0.1) is 5.92 Å². The molecular weight excluding hydrogens is 517 g/mol. The van der Waals surface area contributed by atoms with Gasteiger partial charge in [0.2, 0.25) is 5.91 Å². The van der Waals surface area contributed by atoms with E-state index in [9.17, 15) is 9.59 Å². The van der Waals surface area contributed by atoms with E-state index in [-0.39, 0.29) is 23.5 Å². The average Bonchev–Trinajstić information content (AvgIpc) is 3.22. The van der Waals surface area contributed by atoms with Gasteiger partial charge in [0.1, 0.15) is 0 Å². The normalized spacial score (nSPS) is 12.1. The summed E-state index contributed by atoms with van der Waals surface area (Å²) < 4.78 is 1.80. The number of carbonyl (C=O) groups is 2. The summed E-state index contributed by atoms with van der Waals surface area (Å²) >= 11 is 13.3. The van der Waals surface area contributed by atoms with Crippen LogP contribution < -0.4 is 10.6 Å². The molecule has 0 saturated carbocycles. The standard InChI is InChI=1S/C26H25Cl2N5O2S/c1-15(2)23(30-25(35)17-11-12-19(27)20(28)13-17)24-31-32-26(33(24)3)36-14-22(34)29-21-10-6-8-16-7-4-5-9-18(16)21/h4-13,15,23H,14H2,1-3H3,(H,29,34)(H,30,35)/t23-/m1/s1. The number of rotatable bonds is 8. The first kappa shape index (κ1) is 26.0. The lowest BCUT2D eigenvalue weighted by Crippen LogP contribution is -2.33. The van der Waals surface area contributed by atoms with Crippen molar-refractivity contribution in [3.05, 3.63) is 82.1 Å². The highest BCUT2D eigenvalue weighted by Gasteiger charge is 2.25. The van der Waals surface area contributed by atoms with E-state index >= 15 is 0 Å². The SMILES string of the molecule is CC(C)[C@@H](NC(=O)c1ccc(Cl)c(Cl)c1)c1nnc(SCC(=O)Nc2cccc3ccccc23)n1C. The second-order valence-corrected chi connectivity index (χ2v) is 10.3. The first-order valence-corrected chi connectivity index (χ1v) is 13.0. The van der Waals surface area contributed by atoms with Gasteiger partial charge in [0.05, 0.1) is 21.8 Å². The molecule has 0 saturated heterocycles. The summed E-state index contributed by atoms with van der Waals surface area (Å²) in [6, 6.07) is 18.0. The summed E-state index contributed by atoms with van der Waals surface area (Å²) in [5, 5.41) is 17.9. The highest BCUT2D eigenvalue weighted by molar-refractivity contribution is 7.99. The Hall–Kier alpha value is -3.07. The molecule has 4 rings (SSSR count). The lowest BCUT2D eigenvalue weighted by molar-refractivity contribution is -0.113. The molecule has 1 aromatic heterocycles. The van der Waals surface area contributed by atoms with E-state index in [1.807, 2.05) is 63.4 Å². The average molecular weight is 542 g/mol. The number of halogens is 2. The Morgan fingerprint density at radius 2 is 1.75 bits per heavy atom. The van der Waals surface area contributed by atoms with Gasteiger partial charge in [0.25, 0.3) is 5.91 Å². The molecule has 0 fully saturated rings. The zero-order valence-corrected chi connectivity index (χ0v) is 22.3. The Morgan fingerprint density at radius 3 is 2.50 bits per heavy atom. The van der Waals surface area contributed by atoms with Gasteiger partial charge in [-0.3, -0.25) is 9.59 Å². The minimum Gasteiger partial charge on any atom is -0.342 e. The monoisotopic (exact) mass is 541 g/mol. The van der Waals surface area contributed by atoms with Crippen molar-refractivity contribution in [2.75, 3.05) is 11.1 Å². The lowest BCUT2D eigenvalue weighted by Gasteiger charge is -2.22. The smallest absolute Gasteiger partial charge is 0.251 e. The Balaban J connectivity index is 1.43. The maximum Gasteiger partial charge on any atom is 0.251 e. The maximum atomic E-state index is 12.9. The van der Waals surface area contributed by atoms with E-state index in [1.54, 1.807) is 16.7 Å². The van der Waals surface area contributed by atoms with Crippen molar-refractivity contribution < 1.29 is 9.59 Å². The second-order valence-electron chi connectivity index (χ2n) is 8.59. The van der Waals surface area contributed by atoms with Crippen LogP contribution in [-0.2, 0) is 11.8 Å². The van der Waals surface area contributed by atoms with Gasteiger partial charge in [0.15, 0.2) is 11.0 Å². The molecule has 2 amide bonds. The van der Waals surface area contributed by atoms with Crippen molar-refractivity contribution in [3.63, 3.8) is 0 Å². The van der Waals surface area contributed by atoms with Gasteiger partial charge in [-0.2, -0.15) is 0 Å². The fourth-order valence-electron chi connectivity index (χ4n) is 3.76. The number of aromatic nitrogens is 3. The van der Waals surface area contributed by atoms with Crippen LogP contribution in [-0.4, -0.2) is 32.3 Å². The number of hydrogen-bond donors (Lipinski definition) is 2. The van der Waals surface area contributed by atoms with Gasteiger partial charge in [-0.05, 0) is 35.6 Å². The zero-order chi connectivity index (χ0) is 25.8. The molecular formula is C26H25Cl2N5O2S. The number of fused-ring (bicyclic) bond motifs is 1. The van der Waals surface area contributed by atoms with E-state index in [4.69, 9.17) is 23.2 Å². The number of thioether (sulfide) groups is 1. The van der Waals surface area contributed by atoms with Gasteiger partial charge in [-0.1, -0.05) is 85.2 Å². The molecule has 2 N–H and O–H groups in total. The van der Waals surface area contributed by atoms with Gasteiger partial charge >= 0.3 is 0 Å². The summed E-state index contributed by atoms with van der Waals surface area (Å²) in [6.45, 7) is 3.97. The minimum atomic E-state index is -0.400. The molecule has 0 radical (unpaired) electrons. The first-order valence-electron chi connectivity index (χ1n) is 11.3. The third-order valence-corrected chi connectivity index (χ3v) is 7.44. The molecule has 186 valence electrons. The zero-order valence-electron chi connectivity index (χ0n) is 20.0. The number of benzene rings is 3. The number of anilines is 1. The Labute approximate surface area is 223 Å². The summed E-state index contributed by atoms with van der Waals surface area (Å²) in [5.74, 6) is 0.354. The van der Waals surface area contributed by atoms with Crippen LogP contribution in [0.15, 0.2) is 65.8 Å². The van der Waals surface area contributed by atoms with Crippen molar-refractivity contribution in [1.82, 2.24) is 20.1 Å². The van der Waals surface area contributed by atoms with Gasteiger partial charge in [0, 0.05) is 23.7 Å². The van der Waals surface area contributed by atoms with Crippen LogP contribution in [0.25, 0.3) is 10.8 Å². The van der Waals surface area contributed by atoms with Gasteiger partial charge in [-0.15, -0.1) is 10.2 Å². The number of nitrogens with zero attached hydrogens (tertiary/aromatic N) is 3. The number of amides is 2. The molecule has 0 aliphatic rings. The van der Waals surface area contributed by atoms with Crippen molar-refractivity contribution in [3.8, 4) is 0 Å². The van der Waals surface area contributed by atoms with Crippen molar-refractivity contribution in [2.45, 2.75) is 25.0 Å². The third-order valence-electron chi connectivity index (χ3n) is 5.68. The molecule has 10 heteroatoms. The minimum absolute atomic E-state index is 0.0344. The Bertz CT molecular complexity index is 1420. The highest BCUT2D eigenvalue weighted by Crippen LogP contribution is 2.27. The molecule has 0 bridgehead atoms. The molecule has 0 spiro atoms. The molecule has 0 aliphatic heterocycles. The predicted molar refractivity (Wildman–Crippen MR) is 146 cm³/mol. The fraction of sp³-hybridized carbons (Fsp3) is 0.231. The van der Waals surface area contributed by atoms with E-state index in [0.29, 0.717) is 26.6 Å². The largest absolute Gasteiger partial charge is 0.342 e. The van der Waals surface area contributed by atoms with E-state index in [0.717, 1.165) is 16.5 Å². The summed E-state index contributed by atoms with van der Waals surface area (Å²) in [7, 11) is 1.82. The van der Waals surface area contributed by atoms with Gasteiger partial charge < -0.3 is 15.2 Å². The Morgan fingerprint density at radius 1 is 1.00 bits per heavy atom. The quantitative estimate of drug-likeness (QED) is 0.262. The Kier molecular flexibility index (Phi) is 8.18. The maximum absolute atomic E-state index is 12.9. The van der Waals surface area contributed by atoms with Crippen LogP contribution in [0.4, 0.5) is 5.69 Å². The molecule has 4 aromatic rings. The summed E-state index contributed by atoms with van der Waals surface area (Å²) in [4.78, 5) is 25.5. The molecule has 36 heavy (non-hydrogen) atoms. The second kappa shape index (κ2) is 11.3. The molecule has 0 aliphatic carbocycles. The summed E-state index contributed by atoms with van der Waals surface area (Å²) in [6.07, 6.45) is 0. The highest BCUT2D eigenvalue weighted by atomic mass is 35.5. The first-order chi connectivity index (χ1) is 17.2. The lowest BCUT2D eigenvalue weighted by atomic mass is 10.0. The van der Waals surface area contributed by atoms with Crippen LogP contribution in [0.1, 0.15) is 36.1 Å².